The molecule has 1 aliphatic carbocycles. The predicted molar refractivity (Wildman–Crippen MR) is 121 cm³/mol. The molecule has 4 rings (SSSR count). The van der Waals surface area contributed by atoms with Crippen LogP contribution in [0.15, 0.2) is 30.3 Å². The zero-order valence-electron chi connectivity index (χ0n) is 18.0. The van der Waals surface area contributed by atoms with E-state index in [1.54, 1.807) is 18.4 Å². The average Bonchev–Trinajstić information content (AvgIpc) is 3.23. The van der Waals surface area contributed by atoms with E-state index in [0.717, 1.165) is 55.7 Å². The molecule has 1 saturated heterocycles. The van der Waals surface area contributed by atoms with Gasteiger partial charge < -0.3 is 14.8 Å². The Bertz CT molecular complexity index is 843. The zero-order chi connectivity index (χ0) is 20.9. The van der Waals surface area contributed by atoms with E-state index >= 15 is 0 Å². The monoisotopic (exact) mass is 428 g/mol. The molecule has 0 bridgehead atoms. The van der Waals surface area contributed by atoms with Crippen molar-refractivity contribution in [1.29, 1.82) is 0 Å². The number of hydrogen-bond acceptors (Lipinski definition) is 5. The number of aryl methyl sites for hydroxylation is 1. The van der Waals surface area contributed by atoms with E-state index in [4.69, 9.17) is 9.47 Å². The first kappa shape index (κ1) is 21.3. The summed E-state index contributed by atoms with van der Waals surface area (Å²) in [4.78, 5) is 17.6. The topological polar surface area (TPSA) is 50.8 Å². The number of fused-ring (bicyclic) bond motifs is 1. The van der Waals surface area contributed by atoms with Crippen molar-refractivity contribution in [2.75, 3.05) is 40.0 Å². The third kappa shape index (κ3) is 4.88. The van der Waals surface area contributed by atoms with Crippen molar-refractivity contribution in [3.8, 4) is 5.75 Å². The van der Waals surface area contributed by atoms with Crippen molar-refractivity contribution in [2.24, 2.45) is 5.92 Å². The number of nitrogens with zero attached hydrogens (tertiary/aromatic N) is 1. The number of amides is 1. The highest BCUT2D eigenvalue weighted by Gasteiger charge is 2.25. The van der Waals surface area contributed by atoms with Gasteiger partial charge in [-0.1, -0.05) is 25.5 Å². The van der Waals surface area contributed by atoms with Gasteiger partial charge in [-0.15, -0.1) is 11.3 Å². The first-order chi connectivity index (χ1) is 14.7. The Kier molecular flexibility index (Phi) is 7.08. The van der Waals surface area contributed by atoms with Crippen LogP contribution in [0.2, 0.25) is 0 Å². The molecule has 2 aromatic rings. The second-order valence-electron chi connectivity index (χ2n) is 8.22. The van der Waals surface area contributed by atoms with Gasteiger partial charge in [-0.2, -0.15) is 0 Å². The summed E-state index contributed by atoms with van der Waals surface area (Å²) >= 11 is 1.68. The fourth-order valence-corrected chi connectivity index (χ4v) is 5.63. The van der Waals surface area contributed by atoms with Crippen molar-refractivity contribution in [2.45, 2.75) is 38.6 Å². The Labute approximate surface area is 183 Å². The van der Waals surface area contributed by atoms with Crippen LogP contribution in [0.3, 0.4) is 0 Å². The molecule has 0 saturated carbocycles. The quantitative estimate of drug-likeness (QED) is 0.722. The number of nitrogens with one attached hydrogen (secondary N) is 1. The van der Waals surface area contributed by atoms with Crippen molar-refractivity contribution >= 4 is 17.2 Å². The van der Waals surface area contributed by atoms with Gasteiger partial charge in [-0.05, 0) is 54.5 Å². The molecule has 6 heteroatoms. The minimum Gasteiger partial charge on any atom is -0.497 e. The molecule has 1 aliphatic heterocycles. The largest absolute Gasteiger partial charge is 0.497 e. The number of hydrogen-bond donors (Lipinski definition) is 1. The molecule has 0 radical (unpaired) electrons. The maximum Gasteiger partial charge on any atom is 0.261 e. The maximum atomic E-state index is 13.0. The van der Waals surface area contributed by atoms with E-state index in [0.29, 0.717) is 6.54 Å². The highest BCUT2D eigenvalue weighted by molar-refractivity contribution is 7.14. The SMILES string of the molecule is CC[C@@H]1CCc2sc(C(=O)NC[C@H](c3ccc(OC)cc3)N3CCOCC3)cc2C1. The maximum absolute atomic E-state index is 13.0. The van der Waals surface area contributed by atoms with Gasteiger partial charge in [0.25, 0.3) is 5.91 Å². The lowest BCUT2D eigenvalue weighted by molar-refractivity contribution is 0.0162. The van der Waals surface area contributed by atoms with E-state index < -0.39 is 0 Å². The van der Waals surface area contributed by atoms with Crippen LogP contribution in [0.25, 0.3) is 0 Å². The predicted octanol–water partition coefficient (Wildman–Crippen LogP) is 4.07. The third-order valence-corrected chi connectivity index (χ3v) is 7.66. The minimum absolute atomic E-state index is 0.0502. The number of ether oxygens (including phenoxy) is 2. The summed E-state index contributed by atoms with van der Waals surface area (Å²) in [6, 6.07) is 10.4. The van der Waals surface area contributed by atoms with E-state index in [2.05, 4.69) is 35.3 Å². The number of rotatable bonds is 7. The van der Waals surface area contributed by atoms with Crippen LogP contribution in [0.4, 0.5) is 0 Å². The normalized spacial score (nSPS) is 20.4. The third-order valence-electron chi connectivity index (χ3n) is 6.43. The van der Waals surface area contributed by atoms with Crippen LogP contribution in [0.1, 0.15) is 51.5 Å². The molecule has 1 fully saturated rings. The molecule has 1 aromatic carbocycles. The van der Waals surface area contributed by atoms with E-state index in [1.807, 2.05) is 12.1 Å². The van der Waals surface area contributed by atoms with Gasteiger partial charge in [0.15, 0.2) is 0 Å². The Morgan fingerprint density at radius 3 is 2.77 bits per heavy atom. The van der Waals surface area contributed by atoms with Gasteiger partial charge in [0.05, 0.1) is 31.2 Å². The molecule has 0 spiro atoms. The van der Waals surface area contributed by atoms with Crippen molar-refractivity contribution in [1.82, 2.24) is 10.2 Å². The molecular weight excluding hydrogens is 396 g/mol. The first-order valence-electron chi connectivity index (χ1n) is 11.0. The molecule has 5 nitrogen and oxygen atoms in total. The number of morpholine rings is 1. The molecule has 2 heterocycles. The molecular formula is C24H32N2O3S. The summed E-state index contributed by atoms with van der Waals surface area (Å²) < 4.78 is 10.8. The highest BCUT2D eigenvalue weighted by Crippen LogP contribution is 2.33. The lowest BCUT2D eigenvalue weighted by atomic mass is 9.87. The molecule has 2 aliphatic rings. The Morgan fingerprint density at radius 1 is 1.30 bits per heavy atom. The summed E-state index contributed by atoms with van der Waals surface area (Å²) in [6.07, 6.45) is 4.72. The summed E-state index contributed by atoms with van der Waals surface area (Å²) in [5, 5.41) is 3.22. The zero-order valence-corrected chi connectivity index (χ0v) is 18.8. The van der Waals surface area contributed by atoms with Crippen LogP contribution >= 0.6 is 11.3 Å². The van der Waals surface area contributed by atoms with Crippen LogP contribution in [-0.2, 0) is 17.6 Å². The number of carbonyl (C=O) groups excluding carboxylic acids is 1. The molecule has 30 heavy (non-hydrogen) atoms. The Morgan fingerprint density at radius 2 is 2.07 bits per heavy atom. The summed E-state index contributed by atoms with van der Waals surface area (Å²) in [6.45, 7) is 6.07. The Hall–Kier alpha value is -1.89. The van der Waals surface area contributed by atoms with Gasteiger partial charge in [0.2, 0.25) is 0 Å². The lowest BCUT2D eigenvalue weighted by Crippen LogP contribution is -2.43. The highest BCUT2D eigenvalue weighted by atomic mass is 32.1. The fourth-order valence-electron chi connectivity index (χ4n) is 4.51. The number of thiophene rings is 1. The van der Waals surface area contributed by atoms with Gasteiger partial charge >= 0.3 is 0 Å². The molecule has 1 N–H and O–H groups in total. The summed E-state index contributed by atoms with van der Waals surface area (Å²) in [5.74, 6) is 1.66. The molecule has 2 atom stereocenters. The number of methoxy groups -OCH3 is 1. The molecule has 1 amide bonds. The van der Waals surface area contributed by atoms with E-state index in [-0.39, 0.29) is 11.9 Å². The van der Waals surface area contributed by atoms with E-state index in [1.165, 1.54) is 28.8 Å². The lowest BCUT2D eigenvalue weighted by Gasteiger charge is -2.35. The van der Waals surface area contributed by atoms with Crippen LogP contribution in [-0.4, -0.2) is 50.8 Å². The Balaban J connectivity index is 1.45. The second kappa shape index (κ2) is 9.94. The number of carbonyl (C=O) groups is 1. The van der Waals surface area contributed by atoms with Crippen LogP contribution < -0.4 is 10.1 Å². The first-order valence-corrected chi connectivity index (χ1v) is 11.8. The summed E-state index contributed by atoms with van der Waals surface area (Å²) in [5.41, 5.74) is 2.58. The van der Waals surface area contributed by atoms with Crippen LogP contribution in [0, 0.1) is 5.92 Å². The molecule has 0 unspecified atom stereocenters. The smallest absolute Gasteiger partial charge is 0.261 e. The second-order valence-corrected chi connectivity index (χ2v) is 9.36. The average molecular weight is 429 g/mol. The van der Waals surface area contributed by atoms with Crippen molar-refractivity contribution in [3.05, 3.63) is 51.2 Å². The standard InChI is InChI=1S/C24H32N2O3S/c1-3-17-4-9-22-19(14-17)15-23(30-22)24(27)25-16-21(26-10-12-29-13-11-26)18-5-7-20(28-2)8-6-18/h5-8,15,17,21H,3-4,9-14,16H2,1-2H3,(H,25,27)/t17-,21-/m1/s1. The van der Waals surface area contributed by atoms with Gasteiger partial charge in [-0.3, -0.25) is 9.69 Å². The summed E-state index contributed by atoms with van der Waals surface area (Å²) in [7, 11) is 1.68. The molecule has 162 valence electrons. The van der Waals surface area contributed by atoms with Gasteiger partial charge in [0.1, 0.15) is 5.75 Å². The molecule has 1 aromatic heterocycles. The number of benzene rings is 1. The fraction of sp³-hybridized carbons (Fsp3) is 0.542. The van der Waals surface area contributed by atoms with Crippen molar-refractivity contribution < 1.29 is 14.3 Å². The van der Waals surface area contributed by atoms with Crippen LogP contribution in [0.5, 0.6) is 5.75 Å². The minimum atomic E-state index is 0.0502. The van der Waals surface area contributed by atoms with E-state index in [9.17, 15) is 4.79 Å². The van der Waals surface area contributed by atoms with Gasteiger partial charge in [-0.25, -0.2) is 0 Å². The van der Waals surface area contributed by atoms with Crippen molar-refractivity contribution in [3.63, 3.8) is 0 Å². The van der Waals surface area contributed by atoms with Gasteiger partial charge in [0, 0.05) is 24.5 Å².